The van der Waals surface area contributed by atoms with Crippen LogP contribution in [0.1, 0.15) is 17.4 Å². The first-order valence-electron chi connectivity index (χ1n) is 9.13. The average Bonchev–Trinajstić information content (AvgIpc) is 3.18. The fraction of sp³-hybridized carbons (Fsp3) is 0.190. The van der Waals surface area contributed by atoms with Crippen LogP contribution in [0.25, 0.3) is 21.7 Å². The summed E-state index contributed by atoms with van der Waals surface area (Å²) in [6, 6.07) is 11.9. The predicted octanol–water partition coefficient (Wildman–Crippen LogP) is 4.63. The van der Waals surface area contributed by atoms with Crippen LogP contribution in [0.3, 0.4) is 0 Å². The Bertz CT molecular complexity index is 1290. The van der Waals surface area contributed by atoms with Gasteiger partial charge < -0.3 is 9.84 Å². The molecule has 31 heavy (non-hydrogen) atoms. The molecule has 0 aliphatic carbocycles. The van der Waals surface area contributed by atoms with Crippen LogP contribution in [0, 0.1) is 0 Å². The van der Waals surface area contributed by atoms with Gasteiger partial charge in [0.1, 0.15) is 22.5 Å². The third-order valence-electron chi connectivity index (χ3n) is 4.76. The van der Waals surface area contributed by atoms with E-state index in [1.165, 1.54) is 25.4 Å². The molecule has 4 rings (SSSR count). The zero-order valence-corrected chi connectivity index (χ0v) is 16.9. The molecule has 0 spiro atoms. The average molecular weight is 447 g/mol. The lowest BCUT2D eigenvalue weighted by molar-refractivity contribution is -0.136. The van der Waals surface area contributed by atoms with E-state index < -0.39 is 28.9 Å². The van der Waals surface area contributed by atoms with E-state index in [9.17, 15) is 23.1 Å². The van der Waals surface area contributed by atoms with Crippen molar-refractivity contribution in [2.45, 2.75) is 18.8 Å². The summed E-state index contributed by atoms with van der Waals surface area (Å²) in [6.45, 7) is 0. The number of thiophene rings is 1. The van der Waals surface area contributed by atoms with Gasteiger partial charge in [-0.1, -0.05) is 30.3 Å². The summed E-state index contributed by atoms with van der Waals surface area (Å²) in [5.74, 6) is -0.335. The molecule has 1 atom stereocenters. The number of aromatic nitrogens is 3. The van der Waals surface area contributed by atoms with Crippen LogP contribution in [-0.2, 0) is 17.3 Å². The lowest BCUT2D eigenvalue weighted by atomic mass is 10.1. The van der Waals surface area contributed by atoms with E-state index in [1.807, 2.05) is 18.2 Å². The molecule has 0 fully saturated rings. The fourth-order valence-electron chi connectivity index (χ4n) is 3.31. The lowest BCUT2D eigenvalue weighted by Gasteiger charge is -2.22. The van der Waals surface area contributed by atoms with Crippen LogP contribution in [0.5, 0.6) is 5.75 Å². The highest BCUT2D eigenvalue weighted by Crippen LogP contribution is 2.38. The van der Waals surface area contributed by atoms with Crippen molar-refractivity contribution in [3.05, 3.63) is 75.5 Å². The summed E-state index contributed by atoms with van der Waals surface area (Å²) in [6.07, 6.45) is -4.11. The molecule has 0 amide bonds. The van der Waals surface area contributed by atoms with E-state index in [1.54, 1.807) is 12.1 Å². The van der Waals surface area contributed by atoms with E-state index in [0.717, 1.165) is 15.5 Å². The van der Waals surface area contributed by atoms with Gasteiger partial charge in [0.15, 0.2) is 5.82 Å². The number of nitrogens with zero attached hydrogens (tertiary/aromatic N) is 3. The van der Waals surface area contributed by atoms with Crippen molar-refractivity contribution in [3.8, 4) is 17.3 Å². The number of pyridine rings is 1. The van der Waals surface area contributed by atoms with Gasteiger partial charge in [-0.25, -0.2) is 9.97 Å². The molecule has 0 aliphatic heterocycles. The molecule has 0 saturated carbocycles. The predicted molar refractivity (Wildman–Crippen MR) is 110 cm³/mol. The van der Waals surface area contributed by atoms with Crippen molar-refractivity contribution in [3.63, 3.8) is 0 Å². The number of ether oxygens (including phenoxy) is 1. The van der Waals surface area contributed by atoms with Crippen molar-refractivity contribution in [1.82, 2.24) is 14.5 Å². The first-order valence-corrected chi connectivity index (χ1v) is 10.0. The summed E-state index contributed by atoms with van der Waals surface area (Å²) in [5, 5.41) is 10.6. The standard InChI is InChI=1S/C21H16F3N3O3S/c1-30-15(10-12-6-3-2-4-7-12)27-18(17-14(28)8-5-9-25-17)26-19-16(20(27)29)13(11-31-19)21(22,23)24/h2-9,11,15,28H,10H2,1H3. The first-order chi connectivity index (χ1) is 14.8. The minimum atomic E-state index is -4.71. The molecule has 0 bridgehead atoms. The molecule has 1 N–H and O–H groups in total. The summed E-state index contributed by atoms with van der Waals surface area (Å²) in [5.41, 5.74) is -1.19. The zero-order chi connectivity index (χ0) is 22.2. The topological polar surface area (TPSA) is 77.2 Å². The van der Waals surface area contributed by atoms with Gasteiger partial charge in [0.2, 0.25) is 0 Å². The first kappa shape index (κ1) is 21.0. The maximum Gasteiger partial charge on any atom is 0.418 e. The van der Waals surface area contributed by atoms with Crippen molar-refractivity contribution in [2.24, 2.45) is 0 Å². The monoisotopic (exact) mass is 447 g/mol. The van der Waals surface area contributed by atoms with Crippen molar-refractivity contribution in [1.29, 1.82) is 0 Å². The molecule has 1 aromatic carbocycles. The fourth-order valence-corrected chi connectivity index (χ4v) is 4.25. The Morgan fingerprint density at radius 2 is 1.94 bits per heavy atom. The Balaban J connectivity index is 2.02. The van der Waals surface area contributed by atoms with Gasteiger partial charge >= 0.3 is 6.18 Å². The number of hydrogen-bond donors (Lipinski definition) is 1. The third-order valence-corrected chi connectivity index (χ3v) is 5.63. The number of rotatable bonds is 5. The molecule has 160 valence electrons. The quantitative estimate of drug-likeness (QED) is 0.483. The second kappa shape index (κ2) is 8.12. The Labute approximate surface area is 178 Å². The molecule has 0 saturated heterocycles. The molecule has 4 aromatic rings. The van der Waals surface area contributed by atoms with E-state index in [-0.39, 0.29) is 28.5 Å². The van der Waals surface area contributed by atoms with Crippen LogP contribution in [0.4, 0.5) is 13.2 Å². The second-order valence-electron chi connectivity index (χ2n) is 6.69. The molecule has 3 aromatic heterocycles. The summed E-state index contributed by atoms with van der Waals surface area (Å²) in [7, 11) is 1.35. The van der Waals surface area contributed by atoms with Crippen LogP contribution in [0.2, 0.25) is 0 Å². The zero-order valence-electron chi connectivity index (χ0n) is 16.1. The number of halogens is 3. The molecule has 0 aliphatic rings. The molecular formula is C21H16F3N3O3S. The van der Waals surface area contributed by atoms with Gasteiger partial charge in [0.25, 0.3) is 5.56 Å². The minimum absolute atomic E-state index is 0.0291. The largest absolute Gasteiger partial charge is 0.506 e. The highest BCUT2D eigenvalue weighted by molar-refractivity contribution is 7.16. The number of aromatic hydroxyl groups is 1. The lowest BCUT2D eigenvalue weighted by Crippen LogP contribution is -2.30. The number of methoxy groups -OCH3 is 1. The van der Waals surface area contributed by atoms with Crippen molar-refractivity contribution >= 4 is 21.6 Å². The summed E-state index contributed by atoms with van der Waals surface area (Å²) in [4.78, 5) is 21.7. The van der Waals surface area contributed by atoms with Gasteiger partial charge in [-0.2, -0.15) is 13.2 Å². The smallest absolute Gasteiger partial charge is 0.418 e. The van der Waals surface area contributed by atoms with Gasteiger partial charge in [0, 0.05) is 25.1 Å². The molecule has 3 heterocycles. The summed E-state index contributed by atoms with van der Waals surface area (Å²) >= 11 is 0.707. The molecule has 6 nitrogen and oxygen atoms in total. The summed E-state index contributed by atoms with van der Waals surface area (Å²) < 4.78 is 47.1. The van der Waals surface area contributed by atoms with E-state index >= 15 is 0 Å². The Kier molecular flexibility index (Phi) is 5.50. The molecule has 0 radical (unpaired) electrons. The van der Waals surface area contributed by atoms with Crippen LogP contribution < -0.4 is 5.56 Å². The van der Waals surface area contributed by atoms with Crippen LogP contribution in [0.15, 0.2) is 58.8 Å². The number of fused-ring (bicyclic) bond motifs is 1. The molecular weight excluding hydrogens is 431 g/mol. The maximum absolute atomic E-state index is 13.5. The number of alkyl halides is 3. The third kappa shape index (κ3) is 3.91. The number of benzene rings is 1. The van der Waals surface area contributed by atoms with Crippen LogP contribution in [-0.4, -0.2) is 26.8 Å². The van der Waals surface area contributed by atoms with Crippen molar-refractivity contribution < 1.29 is 23.0 Å². The Morgan fingerprint density at radius 1 is 1.19 bits per heavy atom. The van der Waals surface area contributed by atoms with E-state index in [0.29, 0.717) is 11.3 Å². The van der Waals surface area contributed by atoms with Gasteiger partial charge in [-0.3, -0.25) is 9.36 Å². The van der Waals surface area contributed by atoms with E-state index in [2.05, 4.69) is 9.97 Å². The van der Waals surface area contributed by atoms with Crippen molar-refractivity contribution in [2.75, 3.05) is 7.11 Å². The molecule has 1 unspecified atom stereocenters. The minimum Gasteiger partial charge on any atom is -0.506 e. The van der Waals surface area contributed by atoms with Gasteiger partial charge in [0.05, 0.1) is 10.9 Å². The SMILES string of the molecule is COC(Cc1ccccc1)n1c(-c2ncccc2O)nc2scc(C(F)(F)F)c2c1=O. The normalized spacial score (nSPS) is 12.9. The Hall–Kier alpha value is -3.24. The highest BCUT2D eigenvalue weighted by Gasteiger charge is 2.36. The van der Waals surface area contributed by atoms with Crippen LogP contribution >= 0.6 is 11.3 Å². The maximum atomic E-state index is 13.5. The highest BCUT2D eigenvalue weighted by atomic mass is 32.1. The van der Waals surface area contributed by atoms with Gasteiger partial charge in [-0.05, 0) is 17.7 Å². The van der Waals surface area contributed by atoms with Gasteiger partial charge in [-0.15, -0.1) is 11.3 Å². The number of hydrogen-bond acceptors (Lipinski definition) is 6. The second-order valence-corrected chi connectivity index (χ2v) is 7.55. The molecule has 10 heteroatoms. The Morgan fingerprint density at radius 3 is 2.58 bits per heavy atom. The van der Waals surface area contributed by atoms with E-state index in [4.69, 9.17) is 4.74 Å².